The van der Waals surface area contributed by atoms with Crippen molar-refractivity contribution >= 4 is 87.7 Å². The minimum Gasteiger partial charge on any atom is -0.444 e. The third-order valence-electron chi connectivity index (χ3n) is 15.2. The molecule has 490 valence electrons. The summed E-state index contributed by atoms with van der Waals surface area (Å²) in [6.07, 6.45) is -1.09. The Hall–Kier alpha value is -9.77. The zero-order valence-electron chi connectivity index (χ0n) is 50.2. The average molecular weight is 1340 g/mol. The lowest BCUT2D eigenvalue weighted by Gasteiger charge is -2.43. The van der Waals surface area contributed by atoms with Gasteiger partial charge in [-0.15, -0.1) is 0 Å². The van der Waals surface area contributed by atoms with Crippen molar-refractivity contribution in [3.8, 4) is 12.1 Å². The van der Waals surface area contributed by atoms with E-state index in [4.69, 9.17) is 27.9 Å². The summed E-state index contributed by atoms with van der Waals surface area (Å²) in [6.45, 7) is 3.41. The number of alkyl halides is 4. The summed E-state index contributed by atoms with van der Waals surface area (Å²) in [4.78, 5) is 112. The van der Waals surface area contributed by atoms with Gasteiger partial charge in [-0.2, -0.15) is 10.5 Å². The van der Waals surface area contributed by atoms with Crippen LogP contribution in [0.5, 0.6) is 0 Å². The second-order valence-corrected chi connectivity index (χ2v) is 24.4. The predicted molar refractivity (Wildman–Crippen MR) is 324 cm³/mol. The number of anilines is 4. The van der Waals surface area contributed by atoms with Gasteiger partial charge in [0.05, 0.1) is 47.7 Å². The van der Waals surface area contributed by atoms with Crippen molar-refractivity contribution in [3.05, 3.63) is 177 Å². The predicted octanol–water partition coefficient (Wildman–Crippen LogP) is 9.75. The van der Waals surface area contributed by atoms with Crippen LogP contribution in [0.3, 0.4) is 0 Å². The standard InChI is InChI=1S/C34H31ClF4N6O5.C30H25ClF4N6O3/c1-33(2,3)50-32(49)43-17-26(45(28(46)18-43)27-10-19(16-40)8-9-41-27)31(48)44(23-12-20(36)11-21(37)13-23)29(24-6-4-5-7-25(24)35)30(47)42-22-14-34(38,39)15-22;1-39-15-24(41(26(42)16-39)25-8-17(14-36)6-7-37-25)29(44)40(21-10-18(32)9-19(33)11-21)27(22-4-2-3-5-23(22)31)28(43)38-20-12-30(34,35)13-20/h4-13,22,26,29H,14-15,17-18H2,1-3H3,(H,42,47);2-11,20,24,27H,12-13,15-16H2,1H3,(H,38,43)/t26-,29-;24-,27-/m00/s1. The van der Waals surface area contributed by atoms with Crippen LogP contribution < -0.4 is 30.2 Å². The van der Waals surface area contributed by atoms with Crippen LogP contribution in [0.25, 0.3) is 0 Å². The number of nitrogens with zero attached hydrogens (tertiary/aromatic N) is 10. The number of pyridine rings is 2. The number of carbonyl (C=O) groups excluding carboxylic acids is 7. The third kappa shape index (κ3) is 15.8. The van der Waals surface area contributed by atoms with Gasteiger partial charge in [0.2, 0.25) is 23.6 Å². The molecule has 2 aromatic heterocycles. The van der Waals surface area contributed by atoms with E-state index in [0.717, 1.165) is 43.9 Å². The van der Waals surface area contributed by atoms with Gasteiger partial charge in [-0.05, 0) is 88.5 Å². The maximum absolute atomic E-state index is 15.0. The minimum atomic E-state index is -3.03. The Bertz CT molecular complexity index is 4000. The second-order valence-electron chi connectivity index (χ2n) is 23.6. The zero-order valence-corrected chi connectivity index (χ0v) is 51.7. The number of benzene rings is 4. The Balaban J connectivity index is 0.000000223. The Morgan fingerprint density at radius 2 is 0.989 bits per heavy atom. The van der Waals surface area contributed by atoms with Gasteiger partial charge in [-0.25, -0.2) is 49.9 Å². The molecule has 4 aliphatic rings. The van der Waals surface area contributed by atoms with Crippen molar-refractivity contribution in [2.75, 3.05) is 52.8 Å². The Morgan fingerprint density at radius 1 is 0.606 bits per heavy atom. The first-order valence-corrected chi connectivity index (χ1v) is 29.5. The Labute approximate surface area is 542 Å². The highest BCUT2D eigenvalue weighted by Gasteiger charge is 2.52. The van der Waals surface area contributed by atoms with Gasteiger partial charge in [0.25, 0.3) is 23.7 Å². The number of likely N-dealkylation sites (N-methyl/N-ethyl adjacent to an activating group) is 1. The van der Waals surface area contributed by atoms with E-state index in [1.54, 1.807) is 38.8 Å². The number of carbonyl (C=O) groups is 7. The third-order valence-corrected chi connectivity index (χ3v) is 15.9. The summed E-state index contributed by atoms with van der Waals surface area (Å²) in [7, 11) is 1.58. The van der Waals surface area contributed by atoms with Crippen LogP contribution in [0.15, 0.2) is 122 Å². The van der Waals surface area contributed by atoms with Crippen molar-refractivity contribution in [2.24, 2.45) is 0 Å². The molecule has 0 radical (unpaired) electrons. The number of ether oxygens (including phenoxy) is 1. The fraction of sp³-hybridized carbons (Fsp3) is 0.328. The summed E-state index contributed by atoms with van der Waals surface area (Å²) in [5, 5.41) is 23.9. The molecule has 2 aliphatic carbocycles. The number of nitriles is 2. The SMILES string of the molecule is CC(C)(C)OC(=O)N1CC(=O)N(c2cc(C#N)ccn2)[C@H](C(=O)N(c2cc(F)cc(F)c2)[C@H](C(=O)NC2CC(F)(F)C2)c2ccccc2Cl)C1.CN1CC(=O)N(c2cc(C#N)ccn2)[C@H](C(=O)N(c2cc(F)cc(F)c2)[C@H](C(=O)NC2CC(F)(F)C2)c2ccccc2Cl)C1. The molecule has 7 amide bonds. The van der Waals surface area contributed by atoms with Crippen LogP contribution in [0.1, 0.15) is 80.8 Å². The molecule has 0 spiro atoms. The van der Waals surface area contributed by atoms with Crippen LogP contribution in [-0.4, -0.2) is 136 Å². The van der Waals surface area contributed by atoms with Crippen molar-refractivity contribution in [1.29, 1.82) is 10.5 Å². The molecule has 2 saturated carbocycles. The van der Waals surface area contributed by atoms with Gasteiger partial charge in [0.15, 0.2) is 0 Å². The second kappa shape index (κ2) is 27.8. The molecule has 20 nitrogen and oxygen atoms in total. The largest absolute Gasteiger partial charge is 0.444 e. The summed E-state index contributed by atoms with van der Waals surface area (Å²) in [6, 6.07) is 16.6. The number of amides is 7. The number of hydrogen-bond acceptors (Lipinski definition) is 13. The average Bonchev–Trinajstić information content (AvgIpc) is 0.763. The molecule has 2 aliphatic heterocycles. The van der Waals surface area contributed by atoms with E-state index in [1.165, 1.54) is 79.1 Å². The summed E-state index contributed by atoms with van der Waals surface area (Å²) >= 11 is 13.0. The molecular weight excluding hydrogens is 1290 g/mol. The number of aromatic nitrogens is 2. The van der Waals surface area contributed by atoms with Gasteiger partial charge < -0.3 is 15.4 Å². The molecular formula is C64H56Cl2F8N12O8. The number of nitrogens with one attached hydrogen (secondary N) is 2. The molecule has 4 fully saturated rings. The lowest BCUT2D eigenvalue weighted by molar-refractivity contribution is -0.134. The molecule has 6 aromatic rings. The normalized spacial score (nSPS) is 18.5. The first kappa shape index (κ1) is 68.6. The number of hydrogen-bond donors (Lipinski definition) is 2. The van der Waals surface area contributed by atoms with Gasteiger partial charge in [-0.1, -0.05) is 59.6 Å². The van der Waals surface area contributed by atoms with Crippen LogP contribution in [0, 0.1) is 45.9 Å². The maximum Gasteiger partial charge on any atom is 0.410 e. The molecule has 0 bridgehead atoms. The zero-order chi connectivity index (χ0) is 68.3. The Kier molecular flexibility index (Phi) is 20.3. The first-order chi connectivity index (χ1) is 44.3. The van der Waals surface area contributed by atoms with Crippen LogP contribution in [0.4, 0.5) is 62.9 Å². The van der Waals surface area contributed by atoms with E-state index in [0.29, 0.717) is 17.0 Å². The molecule has 4 heterocycles. The van der Waals surface area contributed by atoms with E-state index < -0.39 is 163 Å². The van der Waals surface area contributed by atoms with E-state index >= 15 is 4.79 Å². The topological polar surface area (TPSA) is 246 Å². The number of piperazine rings is 2. The summed E-state index contributed by atoms with van der Waals surface area (Å²) in [5.74, 6) is -16.0. The first-order valence-electron chi connectivity index (χ1n) is 28.8. The van der Waals surface area contributed by atoms with Crippen LogP contribution in [-0.2, 0) is 33.5 Å². The van der Waals surface area contributed by atoms with Gasteiger partial charge >= 0.3 is 6.09 Å². The fourth-order valence-electron chi connectivity index (χ4n) is 11.1. The van der Waals surface area contributed by atoms with Crippen molar-refractivity contribution in [2.45, 2.75) is 100 Å². The van der Waals surface area contributed by atoms with Gasteiger partial charge in [0, 0.05) is 90.0 Å². The number of halogens is 10. The lowest BCUT2D eigenvalue weighted by atomic mass is 9.87. The molecule has 10 rings (SSSR count). The monoisotopic (exact) mass is 1340 g/mol. The molecule has 0 unspecified atom stereocenters. The highest BCUT2D eigenvalue weighted by atomic mass is 35.5. The lowest BCUT2D eigenvalue weighted by Crippen LogP contribution is -2.65. The fourth-order valence-corrected chi connectivity index (χ4v) is 11.6. The number of rotatable bonds is 14. The van der Waals surface area contributed by atoms with E-state index in [9.17, 15) is 74.4 Å². The van der Waals surface area contributed by atoms with Crippen molar-refractivity contribution < 1.29 is 73.4 Å². The molecule has 2 saturated heterocycles. The molecule has 30 heteroatoms. The van der Waals surface area contributed by atoms with Crippen LogP contribution >= 0.6 is 23.2 Å². The highest BCUT2D eigenvalue weighted by molar-refractivity contribution is 6.32. The van der Waals surface area contributed by atoms with E-state index in [-0.39, 0.29) is 62.7 Å². The van der Waals surface area contributed by atoms with Crippen molar-refractivity contribution in [3.63, 3.8) is 0 Å². The van der Waals surface area contributed by atoms with E-state index in [2.05, 4.69) is 20.6 Å². The summed E-state index contributed by atoms with van der Waals surface area (Å²) < 4.78 is 119. The van der Waals surface area contributed by atoms with Gasteiger partial charge in [-0.3, -0.25) is 58.2 Å². The smallest absolute Gasteiger partial charge is 0.410 e. The highest BCUT2D eigenvalue weighted by Crippen LogP contribution is 2.42. The summed E-state index contributed by atoms with van der Waals surface area (Å²) in [5.41, 5.74) is -1.66. The maximum atomic E-state index is 15.0. The minimum absolute atomic E-state index is 0.0124. The molecule has 4 aromatic carbocycles. The van der Waals surface area contributed by atoms with Crippen molar-refractivity contribution in [1.82, 2.24) is 30.4 Å². The van der Waals surface area contributed by atoms with E-state index in [1.807, 2.05) is 12.1 Å². The van der Waals surface area contributed by atoms with Crippen LogP contribution in [0.2, 0.25) is 10.0 Å². The Morgan fingerprint density at radius 3 is 1.36 bits per heavy atom. The molecule has 4 atom stereocenters. The molecule has 2 N–H and O–H groups in total. The van der Waals surface area contributed by atoms with Gasteiger partial charge in [0.1, 0.15) is 71.2 Å². The quantitative estimate of drug-likeness (QED) is 0.0966. The molecule has 94 heavy (non-hydrogen) atoms.